The number of rotatable bonds is 7. The van der Waals surface area contributed by atoms with E-state index in [2.05, 4.69) is 0 Å². The molecule has 0 aliphatic rings. The molecule has 0 aliphatic carbocycles. The predicted octanol–water partition coefficient (Wildman–Crippen LogP) is 2.63. The topological polar surface area (TPSA) is 60.2 Å². The third-order valence-corrected chi connectivity index (χ3v) is 2.74. The molecule has 0 saturated heterocycles. The molecule has 0 amide bonds. The lowest BCUT2D eigenvalue weighted by atomic mass is 10.0. The van der Waals surface area contributed by atoms with Crippen LogP contribution in [-0.4, -0.2) is 16.7 Å². The van der Waals surface area contributed by atoms with Crippen molar-refractivity contribution in [2.24, 2.45) is 0 Å². The van der Waals surface area contributed by atoms with Gasteiger partial charge in [-0.1, -0.05) is 37.3 Å². The fourth-order valence-corrected chi connectivity index (χ4v) is 1.77. The molecule has 92 valence electrons. The van der Waals surface area contributed by atoms with E-state index in [1.54, 1.807) is 6.92 Å². The molecule has 1 unspecified atom stereocenters. The quantitative estimate of drug-likeness (QED) is 0.539. The molecule has 1 aromatic carbocycles. The van der Waals surface area contributed by atoms with Crippen LogP contribution in [-0.2, 0) is 11.2 Å². The number of aryl methyl sites for hydroxylation is 1. The summed E-state index contributed by atoms with van der Waals surface area (Å²) in [7, 11) is 0. The van der Waals surface area contributed by atoms with Crippen LogP contribution in [0.15, 0.2) is 30.3 Å². The Morgan fingerprint density at radius 1 is 1.35 bits per heavy atom. The minimum absolute atomic E-state index is 0.256. The number of ketones is 1. The standard InChI is InChI=1S/C13H17NO3/c1-2-12(14(16)17)13(15)10-6-9-11-7-4-3-5-8-11/h3-5,7-8,12H,2,6,9-10H2,1H3. The molecule has 0 radical (unpaired) electrons. The van der Waals surface area contributed by atoms with Gasteiger partial charge in [0.2, 0.25) is 5.78 Å². The first-order chi connectivity index (χ1) is 8.15. The zero-order valence-electron chi connectivity index (χ0n) is 9.96. The highest BCUT2D eigenvalue weighted by Gasteiger charge is 2.26. The van der Waals surface area contributed by atoms with Gasteiger partial charge in [0, 0.05) is 17.8 Å². The second kappa shape index (κ2) is 6.78. The molecule has 0 aliphatic heterocycles. The van der Waals surface area contributed by atoms with Crippen LogP contribution in [0.3, 0.4) is 0 Å². The second-order valence-corrected chi connectivity index (χ2v) is 4.01. The lowest BCUT2D eigenvalue weighted by molar-refractivity contribution is -0.507. The smallest absolute Gasteiger partial charge is 0.270 e. The molecule has 1 aromatic rings. The predicted molar refractivity (Wildman–Crippen MR) is 65.5 cm³/mol. The summed E-state index contributed by atoms with van der Waals surface area (Å²) < 4.78 is 0. The van der Waals surface area contributed by atoms with Gasteiger partial charge in [0.15, 0.2) is 0 Å². The molecule has 0 heterocycles. The van der Waals surface area contributed by atoms with Gasteiger partial charge in [0.05, 0.1) is 0 Å². The van der Waals surface area contributed by atoms with Crippen molar-refractivity contribution in [1.29, 1.82) is 0 Å². The fraction of sp³-hybridized carbons (Fsp3) is 0.462. The number of carbonyl (C=O) groups excluding carboxylic acids is 1. The summed E-state index contributed by atoms with van der Waals surface area (Å²) in [4.78, 5) is 21.7. The van der Waals surface area contributed by atoms with E-state index in [0.717, 1.165) is 12.0 Å². The maximum atomic E-state index is 11.6. The van der Waals surface area contributed by atoms with E-state index in [1.165, 1.54) is 0 Å². The highest BCUT2D eigenvalue weighted by molar-refractivity contribution is 5.82. The SMILES string of the molecule is CCC(C(=O)CCCc1ccccc1)[N+](=O)[O-]. The first kappa shape index (κ1) is 13.4. The molecule has 0 fully saturated rings. The normalized spacial score (nSPS) is 12.1. The summed E-state index contributed by atoms with van der Waals surface area (Å²) in [6.07, 6.45) is 2.03. The Morgan fingerprint density at radius 2 is 2.00 bits per heavy atom. The molecule has 0 spiro atoms. The molecule has 1 atom stereocenters. The van der Waals surface area contributed by atoms with Crippen LogP contribution in [0.1, 0.15) is 31.7 Å². The number of Topliss-reactive ketones (excluding diaryl/α,β-unsaturated/α-hetero) is 1. The Kier molecular flexibility index (Phi) is 5.33. The van der Waals surface area contributed by atoms with Crippen molar-refractivity contribution >= 4 is 5.78 Å². The third-order valence-electron chi connectivity index (χ3n) is 2.74. The molecule has 4 nitrogen and oxygen atoms in total. The summed E-state index contributed by atoms with van der Waals surface area (Å²) >= 11 is 0. The summed E-state index contributed by atoms with van der Waals surface area (Å²) in [6, 6.07) is 8.80. The fourth-order valence-electron chi connectivity index (χ4n) is 1.77. The number of carbonyl (C=O) groups is 1. The van der Waals surface area contributed by atoms with Crippen molar-refractivity contribution in [2.75, 3.05) is 0 Å². The second-order valence-electron chi connectivity index (χ2n) is 4.01. The summed E-state index contributed by atoms with van der Waals surface area (Å²) in [5.41, 5.74) is 1.16. The van der Waals surface area contributed by atoms with Crippen LogP contribution >= 0.6 is 0 Å². The number of nitrogens with zero attached hydrogens (tertiary/aromatic N) is 1. The van der Waals surface area contributed by atoms with E-state index in [-0.39, 0.29) is 18.6 Å². The lowest BCUT2D eigenvalue weighted by Crippen LogP contribution is -2.28. The number of nitro groups is 1. The Hall–Kier alpha value is -1.71. The Morgan fingerprint density at radius 3 is 2.53 bits per heavy atom. The van der Waals surface area contributed by atoms with Gasteiger partial charge in [0.1, 0.15) is 0 Å². The van der Waals surface area contributed by atoms with Crippen molar-refractivity contribution in [3.63, 3.8) is 0 Å². The maximum absolute atomic E-state index is 11.6. The van der Waals surface area contributed by atoms with E-state index in [4.69, 9.17) is 0 Å². The van der Waals surface area contributed by atoms with Crippen molar-refractivity contribution in [2.45, 2.75) is 38.6 Å². The van der Waals surface area contributed by atoms with Crippen molar-refractivity contribution in [3.8, 4) is 0 Å². The molecule has 0 N–H and O–H groups in total. The summed E-state index contributed by atoms with van der Waals surface area (Å²) in [5, 5.41) is 10.6. The van der Waals surface area contributed by atoms with Crippen LogP contribution in [0.2, 0.25) is 0 Å². The molecule has 0 aromatic heterocycles. The molecular formula is C13H17NO3. The molecule has 4 heteroatoms. The largest absolute Gasteiger partial charge is 0.292 e. The highest BCUT2D eigenvalue weighted by atomic mass is 16.6. The van der Waals surface area contributed by atoms with Crippen LogP contribution in [0, 0.1) is 10.1 Å². The molecule has 1 rings (SSSR count). The van der Waals surface area contributed by atoms with Gasteiger partial charge >= 0.3 is 0 Å². The van der Waals surface area contributed by atoms with Gasteiger partial charge in [-0.05, 0) is 18.4 Å². The zero-order valence-corrected chi connectivity index (χ0v) is 9.96. The third kappa shape index (κ3) is 4.34. The minimum Gasteiger partial charge on any atom is -0.292 e. The molecule has 17 heavy (non-hydrogen) atoms. The van der Waals surface area contributed by atoms with Gasteiger partial charge < -0.3 is 0 Å². The van der Waals surface area contributed by atoms with Crippen molar-refractivity contribution in [3.05, 3.63) is 46.0 Å². The van der Waals surface area contributed by atoms with E-state index in [1.807, 2.05) is 30.3 Å². The Labute approximate surface area is 101 Å². The number of hydrogen-bond acceptors (Lipinski definition) is 3. The Bertz CT molecular complexity index is 376. The average molecular weight is 235 g/mol. The first-order valence-corrected chi connectivity index (χ1v) is 5.85. The van der Waals surface area contributed by atoms with Crippen LogP contribution in [0.25, 0.3) is 0 Å². The van der Waals surface area contributed by atoms with Crippen LogP contribution in [0.4, 0.5) is 0 Å². The van der Waals surface area contributed by atoms with E-state index in [0.29, 0.717) is 6.42 Å². The van der Waals surface area contributed by atoms with Crippen molar-refractivity contribution in [1.82, 2.24) is 0 Å². The first-order valence-electron chi connectivity index (χ1n) is 5.85. The average Bonchev–Trinajstić information content (AvgIpc) is 2.30. The van der Waals surface area contributed by atoms with E-state index >= 15 is 0 Å². The molecule has 0 saturated carbocycles. The highest BCUT2D eigenvalue weighted by Crippen LogP contribution is 2.08. The van der Waals surface area contributed by atoms with Gasteiger partial charge in [-0.25, -0.2) is 0 Å². The monoisotopic (exact) mass is 235 g/mol. The number of benzene rings is 1. The molecule has 0 bridgehead atoms. The van der Waals surface area contributed by atoms with E-state index < -0.39 is 11.0 Å². The zero-order chi connectivity index (χ0) is 12.7. The van der Waals surface area contributed by atoms with Crippen molar-refractivity contribution < 1.29 is 9.72 Å². The summed E-state index contributed by atoms with van der Waals surface area (Å²) in [6.45, 7) is 1.67. The van der Waals surface area contributed by atoms with Crippen LogP contribution in [0.5, 0.6) is 0 Å². The Balaban J connectivity index is 2.36. The maximum Gasteiger partial charge on any atom is 0.270 e. The van der Waals surface area contributed by atoms with Gasteiger partial charge in [0.25, 0.3) is 6.04 Å². The van der Waals surface area contributed by atoms with Crippen LogP contribution < -0.4 is 0 Å². The van der Waals surface area contributed by atoms with Gasteiger partial charge in [-0.3, -0.25) is 14.9 Å². The lowest BCUT2D eigenvalue weighted by Gasteiger charge is -2.05. The van der Waals surface area contributed by atoms with E-state index in [9.17, 15) is 14.9 Å². The number of hydrogen-bond donors (Lipinski definition) is 0. The van der Waals surface area contributed by atoms with Gasteiger partial charge in [-0.2, -0.15) is 0 Å². The molecular weight excluding hydrogens is 218 g/mol. The minimum atomic E-state index is -1.02. The van der Waals surface area contributed by atoms with Gasteiger partial charge in [-0.15, -0.1) is 0 Å². The summed E-state index contributed by atoms with van der Waals surface area (Å²) in [5.74, 6) is -0.256.